The molecule has 1 heterocycles. The Kier molecular flexibility index (Phi) is 4.06. The van der Waals surface area contributed by atoms with Crippen molar-refractivity contribution in [3.05, 3.63) is 12.0 Å². The van der Waals surface area contributed by atoms with Crippen molar-refractivity contribution in [2.24, 2.45) is 0 Å². The average Bonchev–Trinajstić information content (AvgIpc) is 2.75. The van der Waals surface area contributed by atoms with Crippen LogP contribution in [0, 0.1) is 0 Å². The molecule has 6 nitrogen and oxygen atoms in total. The molecule has 1 rings (SSSR count). The number of ether oxygens (including phenoxy) is 2. The normalized spacial score (nSPS) is 25.3. The molecule has 0 radical (unpaired) electrons. The van der Waals surface area contributed by atoms with E-state index in [1.165, 1.54) is 7.11 Å². The molecule has 7 heteroatoms. The molecule has 1 N–H and O–H groups in total. The van der Waals surface area contributed by atoms with Crippen molar-refractivity contribution < 1.29 is 22.7 Å². The number of hydrogen-bond donors (Lipinski definition) is 1. The maximum absolute atomic E-state index is 11.5. The van der Waals surface area contributed by atoms with Crippen molar-refractivity contribution in [3.8, 4) is 0 Å². The van der Waals surface area contributed by atoms with E-state index in [2.05, 4.69) is 16.0 Å². The Bertz CT molecular complexity index is 369. The number of methoxy groups -OCH3 is 1. The Balaban J connectivity index is 2.73. The van der Waals surface area contributed by atoms with Crippen LogP contribution in [0.2, 0.25) is 0 Å². The number of carbonyl (C=O) groups excluding carboxylic acids is 1. The van der Waals surface area contributed by atoms with Crippen molar-refractivity contribution in [2.45, 2.75) is 18.4 Å². The van der Waals surface area contributed by atoms with Crippen LogP contribution in [0.5, 0.6) is 0 Å². The van der Waals surface area contributed by atoms with Gasteiger partial charge in [0.2, 0.25) is 10.0 Å². The summed E-state index contributed by atoms with van der Waals surface area (Å²) in [7, 11) is -2.32. The first-order valence-electron chi connectivity index (χ1n) is 4.80. The largest absolute Gasteiger partial charge is 0.467 e. The number of sulfonamides is 1. The molecule has 0 aromatic heterocycles. The zero-order valence-corrected chi connectivity index (χ0v) is 9.88. The first kappa shape index (κ1) is 13.1. The number of esters is 1. The fourth-order valence-electron chi connectivity index (χ4n) is 1.53. The molecule has 0 aromatic rings. The van der Waals surface area contributed by atoms with Gasteiger partial charge in [-0.2, -0.15) is 0 Å². The lowest BCUT2D eigenvalue weighted by Gasteiger charge is -2.24. The molecule has 0 bridgehead atoms. The van der Waals surface area contributed by atoms with Crippen molar-refractivity contribution in [2.75, 3.05) is 20.3 Å². The third kappa shape index (κ3) is 2.81. The highest BCUT2D eigenvalue weighted by Gasteiger charge is 2.44. The van der Waals surface area contributed by atoms with Gasteiger partial charge < -0.3 is 9.47 Å². The molecule has 1 atom stereocenters. The molecule has 1 saturated heterocycles. The third-order valence-electron chi connectivity index (χ3n) is 2.44. The van der Waals surface area contributed by atoms with E-state index in [9.17, 15) is 13.2 Å². The van der Waals surface area contributed by atoms with Crippen LogP contribution >= 0.6 is 0 Å². The molecule has 0 spiro atoms. The van der Waals surface area contributed by atoms with E-state index < -0.39 is 21.6 Å². The Morgan fingerprint density at radius 2 is 2.38 bits per heavy atom. The quantitative estimate of drug-likeness (QED) is 0.681. The summed E-state index contributed by atoms with van der Waals surface area (Å²) >= 11 is 0. The van der Waals surface area contributed by atoms with Crippen LogP contribution in [0.3, 0.4) is 0 Å². The highest BCUT2D eigenvalue weighted by Crippen LogP contribution is 2.26. The van der Waals surface area contributed by atoms with Gasteiger partial charge in [0.05, 0.1) is 13.7 Å². The lowest BCUT2D eigenvalue weighted by Crippen LogP contribution is -2.48. The summed E-state index contributed by atoms with van der Waals surface area (Å²) in [6.07, 6.45) is 1.14. The van der Waals surface area contributed by atoms with Gasteiger partial charge in [0, 0.05) is 12.0 Å². The minimum atomic E-state index is -3.56. The van der Waals surface area contributed by atoms with Gasteiger partial charge in [0.1, 0.15) is 0 Å². The number of rotatable bonds is 5. The van der Waals surface area contributed by atoms with Crippen LogP contribution in [0.15, 0.2) is 12.0 Å². The van der Waals surface area contributed by atoms with E-state index in [1.807, 2.05) is 0 Å². The monoisotopic (exact) mass is 249 g/mol. The molecule has 1 aliphatic heterocycles. The third-order valence-corrected chi connectivity index (χ3v) is 3.42. The molecule has 0 aromatic carbocycles. The van der Waals surface area contributed by atoms with Gasteiger partial charge in [-0.25, -0.2) is 17.9 Å². The molecule has 0 saturated carbocycles. The van der Waals surface area contributed by atoms with Gasteiger partial charge in [0.25, 0.3) is 0 Å². The van der Waals surface area contributed by atoms with Gasteiger partial charge in [-0.15, -0.1) is 0 Å². The van der Waals surface area contributed by atoms with Crippen molar-refractivity contribution in [3.63, 3.8) is 0 Å². The van der Waals surface area contributed by atoms with E-state index in [-0.39, 0.29) is 6.54 Å². The standard InChI is InChI=1S/C9H15NO5S/c1-3-16(12,13)10-7-9(8(11)14-2)5-4-6-15-9/h3,10H,1,4-7H2,2H3. The van der Waals surface area contributed by atoms with E-state index in [0.717, 1.165) is 5.41 Å². The molecule has 0 aliphatic carbocycles. The smallest absolute Gasteiger partial charge is 0.339 e. The van der Waals surface area contributed by atoms with Gasteiger partial charge in [-0.1, -0.05) is 6.58 Å². The summed E-state index contributed by atoms with van der Waals surface area (Å²) in [6, 6.07) is 0. The molecule has 0 amide bonds. The summed E-state index contributed by atoms with van der Waals surface area (Å²) in [4.78, 5) is 11.5. The van der Waals surface area contributed by atoms with Crippen molar-refractivity contribution in [1.29, 1.82) is 0 Å². The van der Waals surface area contributed by atoms with Crippen molar-refractivity contribution >= 4 is 16.0 Å². The fourth-order valence-corrected chi connectivity index (χ4v) is 2.08. The van der Waals surface area contributed by atoms with E-state index in [0.29, 0.717) is 19.4 Å². The second kappa shape index (κ2) is 4.94. The Morgan fingerprint density at radius 3 is 2.81 bits per heavy atom. The molecule has 16 heavy (non-hydrogen) atoms. The first-order valence-corrected chi connectivity index (χ1v) is 6.35. The molecular weight excluding hydrogens is 234 g/mol. The van der Waals surface area contributed by atoms with E-state index >= 15 is 0 Å². The average molecular weight is 249 g/mol. The summed E-state index contributed by atoms with van der Waals surface area (Å²) in [5.74, 6) is -0.559. The lowest BCUT2D eigenvalue weighted by atomic mass is 10.0. The van der Waals surface area contributed by atoms with Gasteiger partial charge in [-0.05, 0) is 12.8 Å². The topological polar surface area (TPSA) is 81.7 Å². The van der Waals surface area contributed by atoms with Crippen LogP contribution in [0.4, 0.5) is 0 Å². The Morgan fingerprint density at radius 1 is 1.69 bits per heavy atom. The van der Waals surface area contributed by atoms with Crippen LogP contribution in [0.25, 0.3) is 0 Å². The molecule has 1 unspecified atom stereocenters. The van der Waals surface area contributed by atoms with E-state index in [1.54, 1.807) is 0 Å². The highest BCUT2D eigenvalue weighted by atomic mass is 32.2. The predicted octanol–water partition coefficient (Wildman–Crippen LogP) is -0.229. The predicted molar refractivity (Wildman–Crippen MR) is 57.1 cm³/mol. The number of carbonyl (C=O) groups is 1. The summed E-state index contributed by atoms with van der Waals surface area (Å²) < 4.78 is 34.5. The summed E-state index contributed by atoms with van der Waals surface area (Å²) in [5.41, 5.74) is -1.19. The van der Waals surface area contributed by atoms with Crippen molar-refractivity contribution in [1.82, 2.24) is 4.72 Å². The van der Waals surface area contributed by atoms with Crippen LogP contribution in [-0.4, -0.2) is 40.2 Å². The molecular formula is C9H15NO5S. The zero-order chi connectivity index (χ0) is 12.2. The molecule has 1 aliphatic rings. The van der Waals surface area contributed by atoms with E-state index in [4.69, 9.17) is 4.74 Å². The number of nitrogens with one attached hydrogen (secondary N) is 1. The second-order valence-corrected chi connectivity index (χ2v) is 5.18. The minimum absolute atomic E-state index is 0.131. The molecule has 92 valence electrons. The molecule has 1 fully saturated rings. The first-order chi connectivity index (χ1) is 7.46. The number of hydrogen-bond acceptors (Lipinski definition) is 5. The lowest BCUT2D eigenvalue weighted by molar-refractivity contribution is -0.162. The summed E-state index contributed by atoms with van der Waals surface area (Å²) in [6.45, 7) is 3.45. The zero-order valence-electron chi connectivity index (χ0n) is 9.06. The Labute approximate surface area is 94.7 Å². The minimum Gasteiger partial charge on any atom is -0.467 e. The van der Waals surface area contributed by atoms with Gasteiger partial charge >= 0.3 is 5.97 Å². The maximum atomic E-state index is 11.5. The van der Waals surface area contributed by atoms with Gasteiger partial charge in [-0.3, -0.25) is 0 Å². The van der Waals surface area contributed by atoms with Gasteiger partial charge in [0.15, 0.2) is 5.60 Å². The van der Waals surface area contributed by atoms with Crippen LogP contribution in [0.1, 0.15) is 12.8 Å². The SMILES string of the molecule is C=CS(=O)(=O)NCC1(C(=O)OC)CCCO1. The van der Waals surface area contributed by atoms with Crippen LogP contribution in [-0.2, 0) is 24.3 Å². The Hall–Kier alpha value is -0.920. The highest BCUT2D eigenvalue weighted by molar-refractivity contribution is 7.92. The second-order valence-electron chi connectivity index (χ2n) is 3.47. The fraction of sp³-hybridized carbons (Fsp3) is 0.667. The van der Waals surface area contributed by atoms with Crippen LogP contribution < -0.4 is 4.72 Å². The summed E-state index contributed by atoms with van der Waals surface area (Å²) in [5, 5.41) is 0.785. The maximum Gasteiger partial charge on any atom is 0.339 e.